The number of likely N-dealkylation sites (tertiary alicyclic amines) is 1. The number of fused-ring (bicyclic) bond motifs is 1. The number of aromatic nitrogens is 4. The fourth-order valence-electron chi connectivity index (χ4n) is 4.13. The molecular formula is C18H26BrN7O. The maximum Gasteiger partial charge on any atom is 0.236 e. The van der Waals surface area contributed by atoms with Crippen molar-refractivity contribution in [3.63, 3.8) is 0 Å². The first-order chi connectivity index (χ1) is 13.0. The molecule has 0 aliphatic carbocycles. The fourth-order valence-corrected chi connectivity index (χ4v) is 4.73. The first-order valence-electron chi connectivity index (χ1n) is 9.64. The smallest absolute Gasteiger partial charge is 0.236 e. The Kier molecular flexibility index (Phi) is 5.32. The number of halogens is 1. The van der Waals surface area contributed by atoms with E-state index in [1.807, 2.05) is 7.05 Å². The van der Waals surface area contributed by atoms with Gasteiger partial charge in [-0.2, -0.15) is 5.10 Å². The number of nitrogens with zero attached hydrogens (tertiary/aromatic N) is 7. The van der Waals surface area contributed by atoms with Crippen LogP contribution >= 0.6 is 15.9 Å². The number of piperazine rings is 1. The van der Waals surface area contributed by atoms with Crippen LogP contribution in [0, 0.1) is 0 Å². The van der Waals surface area contributed by atoms with Crippen molar-refractivity contribution < 1.29 is 4.79 Å². The van der Waals surface area contributed by atoms with Crippen LogP contribution in [-0.4, -0.2) is 80.8 Å². The molecule has 1 unspecified atom stereocenters. The third-order valence-electron chi connectivity index (χ3n) is 5.71. The van der Waals surface area contributed by atoms with Gasteiger partial charge in [-0.3, -0.25) is 9.69 Å². The molecule has 0 saturated carbocycles. The molecule has 0 spiro atoms. The molecule has 146 valence electrons. The number of anilines is 1. The van der Waals surface area contributed by atoms with Gasteiger partial charge in [0.1, 0.15) is 16.7 Å². The van der Waals surface area contributed by atoms with Gasteiger partial charge in [0, 0.05) is 45.8 Å². The van der Waals surface area contributed by atoms with E-state index in [-0.39, 0.29) is 5.91 Å². The van der Waals surface area contributed by atoms with Crippen LogP contribution in [0.4, 0.5) is 5.82 Å². The Hall–Kier alpha value is -1.74. The average Bonchev–Trinajstić information content (AvgIpc) is 2.97. The highest BCUT2D eigenvalue weighted by Crippen LogP contribution is 2.30. The van der Waals surface area contributed by atoms with E-state index in [1.54, 1.807) is 11.0 Å². The Bertz CT molecular complexity index is 830. The molecule has 2 aliphatic heterocycles. The monoisotopic (exact) mass is 435 g/mol. The third kappa shape index (κ3) is 3.67. The average molecular weight is 436 g/mol. The van der Waals surface area contributed by atoms with Gasteiger partial charge in [-0.15, -0.1) is 0 Å². The van der Waals surface area contributed by atoms with Crippen molar-refractivity contribution in [3.05, 3.63) is 10.9 Å². The number of piperidine rings is 1. The first kappa shape index (κ1) is 18.6. The predicted molar refractivity (Wildman–Crippen MR) is 108 cm³/mol. The van der Waals surface area contributed by atoms with Crippen molar-refractivity contribution in [2.24, 2.45) is 7.05 Å². The number of hydrogen-bond acceptors (Lipinski definition) is 6. The Morgan fingerprint density at radius 3 is 2.70 bits per heavy atom. The fraction of sp³-hybridized carbons (Fsp3) is 0.667. The van der Waals surface area contributed by atoms with E-state index in [0.29, 0.717) is 12.6 Å². The maximum atomic E-state index is 12.7. The van der Waals surface area contributed by atoms with Gasteiger partial charge in [-0.05, 0) is 42.1 Å². The predicted octanol–water partition coefficient (Wildman–Crippen LogP) is 1.65. The zero-order chi connectivity index (χ0) is 19.0. The zero-order valence-electron chi connectivity index (χ0n) is 15.9. The molecule has 0 N–H and O–H groups in total. The molecule has 8 nitrogen and oxygen atoms in total. The molecule has 4 heterocycles. The van der Waals surface area contributed by atoms with Gasteiger partial charge in [0.2, 0.25) is 5.91 Å². The van der Waals surface area contributed by atoms with E-state index >= 15 is 0 Å². The van der Waals surface area contributed by atoms with Gasteiger partial charge in [0.05, 0.1) is 11.9 Å². The molecule has 2 aromatic rings. The molecule has 0 aromatic carbocycles. The lowest BCUT2D eigenvalue weighted by Gasteiger charge is -2.38. The second-order valence-corrected chi connectivity index (χ2v) is 8.26. The number of carbonyl (C=O) groups is 1. The highest BCUT2D eigenvalue weighted by Gasteiger charge is 2.27. The van der Waals surface area contributed by atoms with Crippen LogP contribution in [0.2, 0.25) is 0 Å². The lowest BCUT2D eigenvalue weighted by molar-refractivity contribution is -0.135. The molecule has 2 saturated heterocycles. The lowest BCUT2D eigenvalue weighted by Crippen LogP contribution is -2.52. The summed E-state index contributed by atoms with van der Waals surface area (Å²) in [6.07, 6.45) is 5.09. The molecular weight excluding hydrogens is 410 g/mol. The van der Waals surface area contributed by atoms with Crippen LogP contribution in [0.5, 0.6) is 0 Å². The Morgan fingerprint density at radius 2 is 1.96 bits per heavy atom. The van der Waals surface area contributed by atoms with Gasteiger partial charge in [0.15, 0.2) is 5.65 Å². The molecule has 2 aromatic heterocycles. The maximum absolute atomic E-state index is 12.7. The van der Waals surface area contributed by atoms with Crippen molar-refractivity contribution >= 4 is 38.7 Å². The van der Waals surface area contributed by atoms with Crippen molar-refractivity contribution in [3.8, 4) is 0 Å². The van der Waals surface area contributed by atoms with Crippen LogP contribution in [0.25, 0.3) is 11.0 Å². The van der Waals surface area contributed by atoms with Gasteiger partial charge >= 0.3 is 0 Å². The van der Waals surface area contributed by atoms with Crippen molar-refractivity contribution in [1.29, 1.82) is 0 Å². The summed E-state index contributed by atoms with van der Waals surface area (Å²) < 4.78 is 2.53. The third-order valence-corrected chi connectivity index (χ3v) is 6.27. The summed E-state index contributed by atoms with van der Waals surface area (Å²) in [5.41, 5.74) is 0.823. The quantitative estimate of drug-likeness (QED) is 0.729. The van der Waals surface area contributed by atoms with E-state index in [4.69, 9.17) is 0 Å². The van der Waals surface area contributed by atoms with Gasteiger partial charge in [0.25, 0.3) is 0 Å². The molecule has 1 atom stereocenters. The van der Waals surface area contributed by atoms with Crippen molar-refractivity contribution in [2.75, 3.05) is 44.2 Å². The summed E-state index contributed by atoms with van der Waals surface area (Å²) in [7, 11) is 1.88. The van der Waals surface area contributed by atoms with Crippen LogP contribution in [0.15, 0.2) is 10.9 Å². The van der Waals surface area contributed by atoms with Gasteiger partial charge in [-0.1, -0.05) is 0 Å². The minimum Gasteiger partial charge on any atom is -0.353 e. The summed E-state index contributed by atoms with van der Waals surface area (Å²) in [4.78, 5) is 28.1. The second-order valence-electron chi connectivity index (χ2n) is 7.51. The minimum atomic E-state index is 0.273. The highest BCUT2D eigenvalue weighted by molar-refractivity contribution is 9.10. The Balaban J connectivity index is 1.40. The van der Waals surface area contributed by atoms with E-state index in [9.17, 15) is 4.79 Å². The van der Waals surface area contributed by atoms with Crippen LogP contribution in [-0.2, 0) is 11.8 Å². The molecule has 2 aliphatic rings. The zero-order valence-corrected chi connectivity index (χ0v) is 17.5. The van der Waals surface area contributed by atoms with Crippen LogP contribution < -0.4 is 4.90 Å². The van der Waals surface area contributed by atoms with Crippen molar-refractivity contribution in [1.82, 2.24) is 29.5 Å². The van der Waals surface area contributed by atoms with E-state index < -0.39 is 0 Å². The highest BCUT2D eigenvalue weighted by atomic mass is 79.9. The topological polar surface area (TPSA) is 70.4 Å². The molecule has 1 amide bonds. The Morgan fingerprint density at radius 1 is 1.19 bits per heavy atom. The van der Waals surface area contributed by atoms with Crippen molar-refractivity contribution in [2.45, 2.75) is 32.2 Å². The van der Waals surface area contributed by atoms with Gasteiger partial charge < -0.3 is 9.80 Å². The molecule has 9 heteroatoms. The minimum absolute atomic E-state index is 0.273. The first-order valence-corrected chi connectivity index (χ1v) is 10.4. The summed E-state index contributed by atoms with van der Waals surface area (Å²) in [5.74, 6) is 1.19. The standard InChI is InChI=1S/C18H26BrN7O/c1-13-5-3-4-6-26(13)14(27)11-24-7-9-25(10-8-24)18-15-16(19)22-23(2)17(15)20-12-21-18/h12-13H,3-11H2,1-2H3. The normalized spacial score (nSPS) is 21.8. The molecule has 27 heavy (non-hydrogen) atoms. The van der Waals surface area contributed by atoms with Crippen LogP contribution in [0.3, 0.4) is 0 Å². The second kappa shape index (κ2) is 7.71. The van der Waals surface area contributed by atoms with Gasteiger partial charge in [-0.25, -0.2) is 14.6 Å². The molecule has 2 fully saturated rings. The lowest BCUT2D eigenvalue weighted by atomic mass is 10.0. The number of carbonyl (C=O) groups excluding carboxylic acids is 1. The summed E-state index contributed by atoms with van der Waals surface area (Å²) in [5, 5.41) is 5.35. The number of rotatable bonds is 3. The van der Waals surface area contributed by atoms with E-state index in [2.05, 4.69) is 52.6 Å². The summed E-state index contributed by atoms with van der Waals surface area (Å²) >= 11 is 3.53. The summed E-state index contributed by atoms with van der Waals surface area (Å²) in [6, 6.07) is 0.379. The van der Waals surface area contributed by atoms with Crippen LogP contribution in [0.1, 0.15) is 26.2 Å². The SMILES string of the molecule is CC1CCCCN1C(=O)CN1CCN(c2ncnc3c2c(Br)nn3C)CC1. The largest absolute Gasteiger partial charge is 0.353 e. The number of hydrogen-bond donors (Lipinski definition) is 0. The van der Waals surface area contributed by atoms with E-state index in [1.165, 1.54) is 6.42 Å². The Labute approximate surface area is 167 Å². The summed E-state index contributed by atoms with van der Waals surface area (Å²) in [6.45, 7) is 7.00. The molecule has 0 radical (unpaired) electrons. The number of aryl methyl sites for hydroxylation is 1. The molecule has 4 rings (SSSR count). The van der Waals surface area contributed by atoms with E-state index in [0.717, 1.165) is 67.0 Å². The molecule has 0 bridgehead atoms. The number of amides is 1.